The van der Waals surface area contributed by atoms with Crippen LogP contribution in [0.1, 0.15) is 0 Å². The second kappa shape index (κ2) is 9.57. The van der Waals surface area contributed by atoms with E-state index in [0.717, 1.165) is 5.69 Å². The SMILES string of the molecule is C=CCOc1cccc(-c2cc3cnc(Nc4ccncc4)nc3[nH]c2=O)c1OCC=C. The first-order chi connectivity index (χ1) is 15.7. The number of rotatable bonds is 9. The molecule has 0 unspecified atom stereocenters. The van der Waals surface area contributed by atoms with Crippen molar-refractivity contribution < 1.29 is 9.47 Å². The Hall–Kier alpha value is -4.46. The average Bonchev–Trinajstić information content (AvgIpc) is 2.82. The Morgan fingerprint density at radius 1 is 1.03 bits per heavy atom. The summed E-state index contributed by atoms with van der Waals surface area (Å²) < 4.78 is 11.6. The van der Waals surface area contributed by atoms with Gasteiger partial charge in [-0.2, -0.15) is 4.98 Å². The second-order valence-electron chi connectivity index (χ2n) is 6.70. The lowest BCUT2D eigenvalue weighted by atomic mass is 10.0. The van der Waals surface area contributed by atoms with Gasteiger partial charge in [-0.25, -0.2) is 4.98 Å². The van der Waals surface area contributed by atoms with Crippen molar-refractivity contribution in [2.45, 2.75) is 0 Å². The zero-order valence-corrected chi connectivity index (χ0v) is 17.2. The Morgan fingerprint density at radius 2 is 1.81 bits per heavy atom. The molecule has 1 aromatic carbocycles. The van der Waals surface area contributed by atoms with Crippen molar-refractivity contribution in [1.82, 2.24) is 19.9 Å². The molecule has 32 heavy (non-hydrogen) atoms. The van der Waals surface area contributed by atoms with Gasteiger partial charge in [0.05, 0.1) is 5.56 Å². The van der Waals surface area contributed by atoms with Crippen LogP contribution in [0, 0.1) is 0 Å². The number of benzene rings is 1. The second-order valence-corrected chi connectivity index (χ2v) is 6.70. The van der Waals surface area contributed by atoms with E-state index >= 15 is 0 Å². The van der Waals surface area contributed by atoms with Gasteiger partial charge < -0.3 is 19.8 Å². The summed E-state index contributed by atoms with van der Waals surface area (Å²) in [6.07, 6.45) is 8.24. The van der Waals surface area contributed by atoms with Crippen molar-refractivity contribution in [1.29, 1.82) is 0 Å². The molecular weight excluding hydrogens is 406 g/mol. The monoisotopic (exact) mass is 427 g/mol. The Balaban J connectivity index is 1.75. The average molecular weight is 427 g/mol. The van der Waals surface area contributed by atoms with Crippen LogP contribution < -0.4 is 20.3 Å². The van der Waals surface area contributed by atoms with Crippen molar-refractivity contribution >= 4 is 22.7 Å². The summed E-state index contributed by atoms with van der Waals surface area (Å²) >= 11 is 0. The Labute approximate surface area is 184 Å². The first-order valence-electron chi connectivity index (χ1n) is 9.87. The summed E-state index contributed by atoms with van der Waals surface area (Å²) in [4.78, 5) is 28.6. The number of anilines is 2. The lowest BCUT2D eigenvalue weighted by Gasteiger charge is -2.15. The van der Waals surface area contributed by atoms with Crippen LogP contribution in [-0.2, 0) is 0 Å². The van der Waals surface area contributed by atoms with Crippen LogP contribution in [0.15, 0.2) is 85.1 Å². The molecule has 0 saturated carbocycles. The third kappa shape index (κ3) is 4.49. The largest absolute Gasteiger partial charge is 0.486 e. The summed E-state index contributed by atoms with van der Waals surface area (Å²) in [6, 6.07) is 10.7. The number of pyridine rings is 2. The molecule has 0 aliphatic rings. The van der Waals surface area contributed by atoms with Gasteiger partial charge in [-0.05, 0) is 24.3 Å². The number of ether oxygens (including phenoxy) is 2. The molecule has 8 heteroatoms. The molecule has 0 aliphatic carbocycles. The molecule has 3 aromatic heterocycles. The molecule has 0 saturated heterocycles. The summed E-state index contributed by atoms with van der Waals surface area (Å²) in [7, 11) is 0. The number of aromatic nitrogens is 4. The van der Waals surface area contributed by atoms with Crippen LogP contribution >= 0.6 is 0 Å². The molecule has 160 valence electrons. The fourth-order valence-corrected chi connectivity index (χ4v) is 3.10. The normalized spacial score (nSPS) is 10.5. The van der Waals surface area contributed by atoms with Crippen molar-refractivity contribution in [3.05, 3.63) is 90.7 Å². The number of nitrogens with zero attached hydrogens (tertiary/aromatic N) is 3. The van der Waals surface area contributed by atoms with E-state index in [4.69, 9.17) is 9.47 Å². The van der Waals surface area contributed by atoms with Gasteiger partial charge >= 0.3 is 0 Å². The maximum Gasteiger partial charge on any atom is 0.257 e. The van der Waals surface area contributed by atoms with Gasteiger partial charge in [-0.3, -0.25) is 9.78 Å². The maximum atomic E-state index is 13.0. The predicted molar refractivity (Wildman–Crippen MR) is 124 cm³/mol. The van der Waals surface area contributed by atoms with Crippen molar-refractivity contribution in [2.24, 2.45) is 0 Å². The van der Waals surface area contributed by atoms with E-state index in [1.807, 2.05) is 0 Å². The zero-order chi connectivity index (χ0) is 22.3. The summed E-state index contributed by atoms with van der Waals surface area (Å²) in [5, 5.41) is 3.76. The smallest absolute Gasteiger partial charge is 0.257 e. The fourth-order valence-electron chi connectivity index (χ4n) is 3.10. The molecule has 0 amide bonds. The molecule has 0 spiro atoms. The van der Waals surface area contributed by atoms with Crippen LogP contribution in [-0.4, -0.2) is 33.1 Å². The van der Waals surface area contributed by atoms with E-state index in [2.05, 4.69) is 38.4 Å². The van der Waals surface area contributed by atoms with E-state index in [1.54, 1.807) is 67.1 Å². The fraction of sp³-hybridized carbons (Fsp3) is 0.0833. The molecule has 0 fully saturated rings. The zero-order valence-electron chi connectivity index (χ0n) is 17.2. The Kier molecular flexibility index (Phi) is 6.22. The Morgan fingerprint density at radius 3 is 2.59 bits per heavy atom. The first kappa shape index (κ1) is 20.8. The van der Waals surface area contributed by atoms with Gasteiger partial charge in [0.2, 0.25) is 5.95 Å². The molecule has 3 heterocycles. The molecule has 0 atom stereocenters. The maximum absolute atomic E-state index is 13.0. The standard InChI is InChI=1S/C24H21N5O3/c1-3-12-31-20-7-5-6-18(21(20)32-13-4-2)19-14-16-15-26-24(29-22(16)28-23(19)30)27-17-8-10-25-11-9-17/h3-11,14-15H,1-2,12-13H2,(H2,25,26,27,28,29,30). The van der Waals surface area contributed by atoms with Gasteiger partial charge in [0.1, 0.15) is 18.9 Å². The highest BCUT2D eigenvalue weighted by Crippen LogP contribution is 2.37. The van der Waals surface area contributed by atoms with Crippen molar-refractivity contribution in [2.75, 3.05) is 18.5 Å². The van der Waals surface area contributed by atoms with E-state index in [0.29, 0.717) is 46.2 Å². The molecular formula is C24H21N5O3. The Bertz CT molecular complexity index is 1320. The minimum atomic E-state index is -0.310. The first-order valence-corrected chi connectivity index (χ1v) is 9.87. The number of aromatic amines is 1. The van der Waals surface area contributed by atoms with Crippen molar-refractivity contribution in [3.8, 4) is 22.6 Å². The van der Waals surface area contributed by atoms with E-state index in [-0.39, 0.29) is 12.2 Å². The lowest BCUT2D eigenvalue weighted by Crippen LogP contribution is -2.11. The molecule has 2 N–H and O–H groups in total. The van der Waals surface area contributed by atoms with Crippen LogP contribution in [0.5, 0.6) is 11.5 Å². The van der Waals surface area contributed by atoms with Crippen molar-refractivity contribution in [3.63, 3.8) is 0 Å². The molecule has 4 rings (SSSR count). The third-order valence-electron chi connectivity index (χ3n) is 4.50. The highest BCUT2D eigenvalue weighted by Gasteiger charge is 2.16. The third-order valence-corrected chi connectivity index (χ3v) is 4.50. The molecule has 0 bridgehead atoms. The lowest BCUT2D eigenvalue weighted by molar-refractivity contribution is 0.309. The summed E-state index contributed by atoms with van der Waals surface area (Å²) in [5.41, 5.74) is 1.90. The number of hydrogen-bond donors (Lipinski definition) is 2. The van der Waals surface area contributed by atoms with Crippen LogP contribution in [0.25, 0.3) is 22.2 Å². The van der Waals surface area contributed by atoms with E-state index < -0.39 is 0 Å². The molecule has 8 nitrogen and oxygen atoms in total. The number of H-pyrrole nitrogens is 1. The quantitative estimate of drug-likeness (QED) is 0.385. The number of fused-ring (bicyclic) bond motifs is 1. The minimum Gasteiger partial charge on any atom is -0.486 e. The van der Waals surface area contributed by atoms with Crippen LogP contribution in [0.3, 0.4) is 0 Å². The predicted octanol–water partition coefficient (Wildman–Crippen LogP) is 4.25. The number of hydrogen-bond acceptors (Lipinski definition) is 7. The number of para-hydroxylation sites is 1. The van der Waals surface area contributed by atoms with Gasteiger partial charge in [-0.15, -0.1) is 0 Å². The molecule has 0 radical (unpaired) electrons. The summed E-state index contributed by atoms with van der Waals surface area (Å²) in [6.45, 7) is 7.93. The van der Waals surface area contributed by atoms with E-state index in [1.165, 1.54) is 0 Å². The highest BCUT2D eigenvalue weighted by atomic mass is 16.5. The minimum absolute atomic E-state index is 0.264. The van der Waals surface area contributed by atoms with Gasteiger partial charge in [0, 0.05) is 35.2 Å². The molecule has 4 aromatic rings. The van der Waals surface area contributed by atoms with Crippen LogP contribution in [0.2, 0.25) is 0 Å². The van der Waals surface area contributed by atoms with E-state index in [9.17, 15) is 4.79 Å². The van der Waals surface area contributed by atoms with Gasteiger partial charge in [-0.1, -0.05) is 37.4 Å². The van der Waals surface area contributed by atoms with Gasteiger partial charge in [0.25, 0.3) is 5.56 Å². The highest BCUT2D eigenvalue weighted by molar-refractivity contribution is 5.83. The molecule has 0 aliphatic heterocycles. The summed E-state index contributed by atoms with van der Waals surface area (Å²) in [5.74, 6) is 1.33. The van der Waals surface area contributed by atoms with Gasteiger partial charge in [0.15, 0.2) is 11.5 Å². The topological polar surface area (TPSA) is 102 Å². The number of nitrogens with one attached hydrogen (secondary N) is 2. The van der Waals surface area contributed by atoms with Crippen LogP contribution in [0.4, 0.5) is 11.6 Å².